The van der Waals surface area contributed by atoms with Crippen LogP contribution in [0.1, 0.15) is 18.5 Å². The molecule has 0 spiro atoms. The van der Waals surface area contributed by atoms with Crippen molar-refractivity contribution >= 4 is 0 Å². The van der Waals surface area contributed by atoms with Crippen molar-refractivity contribution in [2.75, 3.05) is 33.4 Å². The predicted octanol–water partition coefficient (Wildman–Crippen LogP) is 1.28. The molecule has 1 fully saturated rings. The highest BCUT2D eigenvalue weighted by atomic mass is 16.5. The van der Waals surface area contributed by atoms with Crippen LogP contribution in [0, 0.1) is 0 Å². The van der Waals surface area contributed by atoms with E-state index in [0.29, 0.717) is 6.04 Å². The maximum Gasteiger partial charge on any atom is 0.0589 e. The molecule has 100 valence electrons. The SMILES string of the molecule is COCCN(Cc1ccccn1)CC1CCCN1. The first-order chi connectivity index (χ1) is 8.88. The summed E-state index contributed by atoms with van der Waals surface area (Å²) in [7, 11) is 1.76. The molecule has 0 aliphatic carbocycles. The number of pyridine rings is 1. The molecule has 1 aliphatic heterocycles. The lowest BCUT2D eigenvalue weighted by Gasteiger charge is -2.25. The third kappa shape index (κ3) is 4.37. The highest BCUT2D eigenvalue weighted by Crippen LogP contribution is 2.09. The second kappa shape index (κ2) is 7.46. The average molecular weight is 249 g/mol. The second-order valence-corrected chi connectivity index (χ2v) is 4.84. The Kier molecular flexibility index (Phi) is 5.58. The Balaban J connectivity index is 1.87. The lowest BCUT2D eigenvalue weighted by atomic mass is 10.2. The molecule has 18 heavy (non-hydrogen) atoms. The highest BCUT2D eigenvalue weighted by Gasteiger charge is 2.18. The number of aromatic nitrogens is 1. The molecule has 4 nitrogen and oxygen atoms in total. The molecule has 1 N–H and O–H groups in total. The standard InChI is InChI=1S/C14H23N3O/c1-18-10-9-17(12-14-6-4-8-16-14)11-13-5-2-3-7-15-13/h2-3,5,7,14,16H,4,6,8-12H2,1H3. The van der Waals surface area contributed by atoms with Gasteiger partial charge in [0.15, 0.2) is 0 Å². The molecule has 1 aromatic heterocycles. The van der Waals surface area contributed by atoms with Gasteiger partial charge in [-0.25, -0.2) is 0 Å². The molecule has 4 heteroatoms. The zero-order chi connectivity index (χ0) is 12.6. The van der Waals surface area contributed by atoms with Crippen LogP contribution in [0.15, 0.2) is 24.4 Å². The maximum atomic E-state index is 5.19. The summed E-state index contributed by atoms with van der Waals surface area (Å²) < 4.78 is 5.19. The molecule has 1 saturated heterocycles. The number of methoxy groups -OCH3 is 1. The molecule has 1 aromatic rings. The van der Waals surface area contributed by atoms with Crippen LogP contribution in [0.25, 0.3) is 0 Å². The van der Waals surface area contributed by atoms with E-state index in [2.05, 4.69) is 21.3 Å². The van der Waals surface area contributed by atoms with Crippen molar-refractivity contribution in [2.45, 2.75) is 25.4 Å². The molecule has 1 aliphatic rings. The van der Waals surface area contributed by atoms with Crippen LogP contribution in [-0.2, 0) is 11.3 Å². The largest absolute Gasteiger partial charge is 0.383 e. The van der Waals surface area contributed by atoms with E-state index in [1.807, 2.05) is 18.3 Å². The summed E-state index contributed by atoms with van der Waals surface area (Å²) in [6.07, 6.45) is 4.44. The molecule has 0 radical (unpaired) electrons. The lowest BCUT2D eigenvalue weighted by Crippen LogP contribution is -2.38. The van der Waals surface area contributed by atoms with Crippen LogP contribution in [0.4, 0.5) is 0 Å². The Morgan fingerprint density at radius 2 is 2.44 bits per heavy atom. The lowest BCUT2D eigenvalue weighted by molar-refractivity contribution is 0.137. The quantitative estimate of drug-likeness (QED) is 0.790. The number of ether oxygens (including phenoxy) is 1. The average Bonchev–Trinajstić information content (AvgIpc) is 2.90. The maximum absolute atomic E-state index is 5.19. The summed E-state index contributed by atoms with van der Waals surface area (Å²) in [6.45, 7) is 4.89. The highest BCUT2D eigenvalue weighted by molar-refractivity contribution is 5.03. The Labute approximate surface area is 109 Å². The number of hydrogen-bond donors (Lipinski definition) is 1. The predicted molar refractivity (Wildman–Crippen MR) is 72.4 cm³/mol. The molecule has 0 saturated carbocycles. The monoisotopic (exact) mass is 249 g/mol. The van der Waals surface area contributed by atoms with E-state index in [4.69, 9.17) is 4.74 Å². The minimum Gasteiger partial charge on any atom is -0.383 e. The van der Waals surface area contributed by atoms with Gasteiger partial charge in [0.05, 0.1) is 12.3 Å². The first kappa shape index (κ1) is 13.5. The van der Waals surface area contributed by atoms with Crippen LogP contribution >= 0.6 is 0 Å². The molecule has 1 unspecified atom stereocenters. The van der Waals surface area contributed by atoms with Crippen LogP contribution in [0.5, 0.6) is 0 Å². The molecule has 0 aromatic carbocycles. The van der Waals surface area contributed by atoms with Crippen molar-refractivity contribution in [3.8, 4) is 0 Å². The Morgan fingerprint density at radius 3 is 3.11 bits per heavy atom. The van der Waals surface area contributed by atoms with Gasteiger partial charge < -0.3 is 10.1 Å². The molecular formula is C14H23N3O. The van der Waals surface area contributed by atoms with Gasteiger partial charge in [-0.3, -0.25) is 9.88 Å². The van der Waals surface area contributed by atoms with E-state index >= 15 is 0 Å². The van der Waals surface area contributed by atoms with Gasteiger partial charge in [-0.05, 0) is 31.5 Å². The van der Waals surface area contributed by atoms with Crippen molar-refractivity contribution in [2.24, 2.45) is 0 Å². The molecule has 0 amide bonds. The van der Waals surface area contributed by atoms with Crippen LogP contribution in [0.3, 0.4) is 0 Å². The molecule has 2 rings (SSSR count). The smallest absolute Gasteiger partial charge is 0.0589 e. The van der Waals surface area contributed by atoms with E-state index in [1.54, 1.807) is 7.11 Å². The zero-order valence-electron chi connectivity index (χ0n) is 11.1. The number of rotatable bonds is 7. The first-order valence-electron chi connectivity index (χ1n) is 6.73. The number of nitrogens with zero attached hydrogens (tertiary/aromatic N) is 2. The Hall–Kier alpha value is -0.970. The van der Waals surface area contributed by atoms with E-state index in [-0.39, 0.29) is 0 Å². The number of hydrogen-bond acceptors (Lipinski definition) is 4. The van der Waals surface area contributed by atoms with Crippen molar-refractivity contribution in [3.05, 3.63) is 30.1 Å². The van der Waals surface area contributed by atoms with Gasteiger partial charge in [-0.15, -0.1) is 0 Å². The first-order valence-corrected chi connectivity index (χ1v) is 6.73. The van der Waals surface area contributed by atoms with Crippen LogP contribution < -0.4 is 5.32 Å². The normalized spacial score (nSPS) is 19.6. The van der Waals surface area contributed by atoms with E-state index in [0.717, 1.165) is 38.5 Å². The molecule has 2 heterocycles. The third-order valence-electron chi connectivity index (χ3n) is 3.36. The van der Waals surface area contributed by atoms with E-state index in [9.17, 15) is 0 Å². The van der Waals surface area contributed by atoms with Crippen molar-refractivity contribution in [1.29, 1.82) is 0 Å². The Morgan fingerprint density at radius 1 is 1.50 bits per heavy atom. The van der Waals surface area contributed by atoms with Crippen LogP contribution in [0.2, 0.25) is 0 Å². The summed E-state index contributed by atoms with van der Waals surface area (Å²) in [5.74, 6) is 0. The van der Waals surface area contributed by atoms with Crippen LogP contribution in [-0.4, -0.2) is 49.3 Å². The summed E-state index contributed by atoms with van der Waals surface area (Å²) in [6, 6.07) is 6.72. The third-order valence-corrected chi connectivity index (χ3v) is 3.36. The van der Waals surface area contributed by atoms with Gasteiger partial charge in [0, 0.05) is 39.0 Å². The van der Waals surface area contributed by atoms with Crippen molar-refractivity contribution < 1.29 is 4.74 Å². The summed E-state index contributed by atoms with van der Waals surface area (Å²) >= 11 is 0. The number of nitrogens with one attached hydrogen (secondary N) is 1. The van der Waals surface area contributed by atoms with E-state index in [1.165, 1.54) is 12.8 Å². The van der Waals surface area contributed by atoms with Gasteiger partial charge in [0.1, 0.15) is 0 Å². The fourth-order valence-electron chi connectivity index (χ4n) is 2.40. The Bertz CT molecular complexity index is 325. The molecule has 0 bridgehead atoms. The fraction of sp³-hybridized carbons (Fsp3) is 0.643. The zero-order valence-corrected chi connectivity index (χ0v) is 11.1. The van der Waals surface area contributed by atoms with Gasteiger partial charge in [-0.2, -0.15) is 0 Å². The minimum atomic E-state index is 0.630. The second-order valence-electron chi connectivity index (χ2n) is 4.84. The van der Waals surface area contributed by atoms with Crippen molar-refractivity contribution in [1.82, 2.24) is 15.2 Å². The van der Waals surface area contributed by atoms with Gasteiger partial charge in [0.25, 0.3) is 0 Å². The molecule has 1 atom stereocenters. The minimum absolute atomic E-state index is 0.630. The van der Waals surface area contributed by atoms with Gasteiger partial charge in [0.2, 0.25) is 0 Å². The summed E-state index contributed by atoms with van der Waals surface area (Å²) in [5.41, 5.74) is 1.13. The molecular weight excluding hydrogens is 226 g/mol. The van der Waals surface area contributed by atoms with Gasteiger partial charge >= 0.3 is 0 Å². The summed E-state index contributed by atoms with van der Waals surface area (Å²) in [5, 5.41) is 3.55. The van der Waals surface area contributed by atoms with Crippen molar-refractivity contribution in [3.63, 3.8) is 0 Å². The topological polar surface area (TPSA) is 37.4 Å². The van der Waals surface area contributed by atoms with Gasteiger partial charge in [-0.1, -0.05) is 6.07 Å². The van der Waals surface area contributed by atoms with E-state index < -0.39 is 0 Å². The summed E-state index contributed by atoms with van der Waals surface area (Å²) in [4.78, 5) is 6.82. The fourth-order valence-corrected chi connectivity index (χ4v) is 2.40.